The molecular formula is C21H23N3O2. The number of anilines is 1. The number of ether oxygens (including phenoxy) is 2. The molecular weight excluding hydrogens is 326 g/mol. The Labute approximate surface area is 153 Å². The second kappa shape index (κ2) is 6.84. The minimum Gasteiger partial charge on any atom is -0.454 e. The molecule has 0 fully saturated rings. The average molecular weight is 349 g/mol. The van der Waals surface area contributed by atoms with Crippen LogP contribution in [0.25, 0.3) is 10.9 Å². The molecule has 3 aromatic rings. The highest BCUT2D eigenvalue weighted by Gasteiger charge is 2.16. The van der Waals surface area contributed by atoms with Crippen molar-refractivity contribution in [2.75, 3.05) is 25.8 Å². The van der Waals surface area contributed by atoms with Crippen molar-refractivity contribution in [1.29, 1.82) is 0 Å². The molecule has 134 valence electrons. The summed E-state index contributed by atoms with van der Waals surface area (Å²) in [7, 11) is 4.03. The Bertz CT molecular complexity index is 940. The van der Waals surface area contributed by atoms with Crippen molar-refractivity contribution >= 4 is 16.7 Å². The van der Waals surface area contributed by atoms with Crippen LogP contribution in [0.3, 0.4) is 0 Å². The van der Waals surface area contributed by atoms with E-state index in [2.05, 4.69) is 48.6 Å². The number of hydrogen-bond acceptors (Lipinski definition) is 5. The number of nitrogens with zero attached hydrogens (tertiary/aromatic N) is 2. The Morgan fingerprint density at radius 1 is 1.08 bits per heavy atom. The summed E-state index contributed by atoms with van der Waals surface area (Å²) in [6.07, 6.45) is 0. The zero-order chi connectivity index (χ0) is 18.1. The van der Waals surface area contributed by atoms with Gasteiger partial charge in [0.2, 0.25) is 6.79 Å². The van der Waals surface area contributed by atoms with Gasteiger partial charge in [-0.2, -0.15) is 0 Å². The van der Waals surface area contributed by atoms with Gasteiger partial charge in [0.05, 0.1) is 5.52 Å². The van der Waals surface area contributed by atoms with Gasteiger partial charge in [-0.15, -0.1) is 0 Å². The number of nitrogens with one attached hydrogen (secondary N) is 1. The van der Waals surface area contributed by atoms with E-state index < -0.39 is 0 Å². The van der Waals surface area contributed by atoms with E-state index in [1.165, 1.54) is 16.5 Å². The molecule has 4 rings (SSSR count). The summed E-state index contributed by atoms with van der Waals surface area (Å²) in [6, 6.07) is 16.7. The summed E-state index contributed by atoms with van der Waals surface area (Å²) in [6.45, 7) is 3.23. The quantitative estimate of drug-likeness (QED) is 0.757. The molecule has 2 aromatic carbocycles. The number of fused-ring (bicyclic) bond motifs is 2. The molecule has 0 aliphatic carbocycles. The van der Waals surface area contributed by atoms with Crippen molar-refractivity contribution in [1.82, 2.24) is 10.3 Å². The normalized spacial score (nSPS) is 13.8. The van der Waals surface area contributed by atoms with Crippen molar-refractivity contribution in [3.8, 4) is 11.5 Å². The minimum absolute atomic E-state index is 0.194. The molecule has 1 aromatic heterocycles. The third-order valence-corrected chi connectivity index (χ3v) is 4.74. The minimum atomic E-state index is 0.194. The highest BCUT2D eigenvalue weighted by Crippen LogP contribution is 2.34. The predicted octanol–water partition coefficient (Wildman–Crippen LogP) is 3.88. The van der Waals surface area contributed by atoms with Crippen LogP contribution >= 0.6 is 0 Å². The number of benzene rings is 2. The molecule has 0 saturated heterocycles. The summed E-state index contributed by atoms with van der Waals surface area (Å²) >= 11 is 0. The van der Waals surface area contributed by atoms with Gasteiger partial charge in [0.1, 0.15) is 5.82 Å². The van der Waals surface area contributed by atoms with Crippen molar-refractivity contribution in [2.24, 2.45) is 0 Å². The van der Waals surface area contributed by atoms with Crippen LogP contribution in [0.15, 0.2) is 48.5 Å². The number of aromatic nitrogens is 1. The molecule has 2 heterocycles. The van der Waals surface area contributed by atoms with E-state index in [1.807, 2.05) is 31.1 Å². The molecule has 1 N–H and O–H groups in total. The van der Waals surface area contributed by atoms with Crippen molar-refractivity contribution in [3.05, 3.63) is 59.7 Å². The molecule has 1 unspecified atom stereocenters. The van der Waals surface area contributed by atoms with Gasteiger partial charge < -0.3 is 19.7 Å². The van der Waals surface area contributed by atoms with Crippen LogP contribution < -0.4 is 19.7 Å². The zero-order valence-corrected chi connectivity index (χ0v) is 15.3. The van der Waals surface area contributed by atoms with Crippen LogP contribution in [0.1, 0.15) is 24.1 Å². The van der Waals surface area contributed by atoms with Crippen LogP contribution in [0, 0.1) is 0 Å². The van der Waals surface area contributed by atoms with Crippen LogP contribution in [0.5, 0.6) is 11.5 Å². The van der Waals surface area contributed by atoms with E-state index in [0.717, 1.165) is 29.4 Å². The molecule has 0 spiro atoms. The molecule has 0 bridgehead atoms. The van der Waals surface area contributed by atoms with Gasteiger partial charge in [0.15, 0.2) is 11.5 Å². The molecule has 5 heteroatoms. The Kier molecular flexibility index (Phi) is 4.39. The van der Waals surface area contributed by atoms with E-state index in [-0.39, 0.29) is 6.04 Å². The maximum atomic E-state index is 5.49. The Hall–Kier alpha value is -2.79. The molecule has 1 atom stereocenters. The summed E-state index contributed by atoms with van der Waals surface area (Å²) in [5.41, 5.74) is 3.44. The fourth-order valence-corrected chi connectivity index (χ4v) is 3.17. The summed E-state index contributed by atoms with van der Waals surface area (Å²) in [5, 5.41) is 4.81. The summed E-state index contributed by atoms with van der Waals surface area (Å²) in [4.78, 5) is 6.77. The Morgan fingerprint density at radius 3 is 2.73 bits per heavy atom. The maximum absolute atomic E-state index is 5.49. The highest BCUT2D eigenvalue weighted by molar-refractivity contribution is 5.84. The number of pyridine rings is 1. The van der Waals surface area contributed by atoms with E-state index >= 15 is 0 Å². The van der Waals surface area contributed by atoms with Crippen LogP contribution in [-0.2, 0) is 6.54 Å². The van der Waals surface area contributed by atoms with Gasteiger partial charge in [-0.05, 0) is 42.3 Å². The van der Waals surface area contributed by atoms with E-state index in [1.54, 1.807) is 0 Å². The second-order valence-electron chi connectivity index (χ2n) is 6.77. The lowest BCUT2D eigenvalue weighted by atomic mass is 10.1. The van der Waals surface area contributed by atoms with Crippen molar-refractivity contribution in [2.45, 2.75) is 19.5 Å². The molecule has 0 saturated carbocycles. The summed E-state index contributed by atoms with van der Waals surface area (Å²) in [5.74, 6) is 2.60. The molecule has 26 heavy (non-hydrogen) atoms. The lowest BCUT2D eigenvalue weighted by Gasteiger charge is -2.18. The van der Waals surface area contributed by atoms with Gasteiger partial charge in [0.25, 0.3) is 0 Å². The Balaban J connectivity index is 1.57. The molecule has 0 radical (unpaired) electrons. The maximum Gasteiger partial charge on any atom is 0.231 e. The van der Waals surface area contributed by atoms with E-state index in [9.17, 15) is 0 Å². The topological polar surface area (TPSA) is 46.6 Å². The summed E-state index contributed by atoms with van der Waals surface area (Å²) < 4.78 is 10.9. The molecule has 1 aliphatic heterocycles. The lowest BCUT2D eigenvalue weighted by Crippen LogP contribution is -2.19. The van der Waals surface area contributed by atoms with Gasteiger partial charge in [-0.3, -0.25) is 0 Å². The van der Waals surface area contributed by atoms with Crippen LogP contribution in [-0.4, -0.2) is 25.9 Å². The Morgan fingerprint density at radius 2 is 1.88 bits per heavy atom. The number of rotatable bonds is 5. The SMILES string of the molecule is CC(NCc1cc(N(C)C)nc2ccccc12)c1ccc2c(c1)OCO2. The van der Waals surface area contributed by atoms with Gasteiger partial charge in [-0.25, -0.2) is 4.98 Å². The second-order valence-corrected chi connectivity index (χ2v) is 6.77. The van der Waals surface area contributed by atoms with E-state index in [4.69, 9.17) is 14.5 Å². The number of hydrogen-bond donors (Lipinski definition) is 1. The first-order valence-electron chi connectivity index (χ1n) is 8.81. The average Bonchev–Trinajstić information content (AvgIpc) is 3.13. The molecule has 1 aliphatic rings. The largest absolute Gasteiger partial charge is 0.454 e. The lowest BCUT2D eigenvalue weighted by molar-refractivity contribution is 0.174. The first-order chi connectivity index (χ1) is 12.6. The van der Waals surface area contributed by atoms with Crippen LogP contribution in [0.4, 0.5) is 5.82 Å². The van der Waals surface area contributed by atoms with Crippen LogP contribution in [0.2, 0.25) is 0 Å². The first-order valence-corrected chi connectivity index (χ1v) is 8.81. The molecule has 0 amide bonds. The molecule has 5 nitrogen and oxygen atoms in total. The van der Waals surface area contributed by atoms with Crippen molar-refractivity contribution in [3.63, 3.8) is 0 Å². The fraction of sp³-hybridized carbons (Fsp3) is 0.286. The highest BCUT2D eigenvalue weighted by atomic mass is 16.7. The van der Waals surface area contributed by atoms with Gasteiger partial charge >= 0.3 is 0 Å². The zero-order valence-electron chi connectivity index (χ0n) is 15.3. The third-order valence-electron chi connectivity index (χ3n) is 4.74. The van der Waals surface area contributed by atoms with Gasteiger partial charge in [0, 0.05) is 32.1 Å². The fourth-order valence-electron chi connectivity index (χ4n) is 3.17. The predicted molar refractivity (Wildman–Crippen MR) is 104 cm³/mol. The van der Waals surface area contributed by atoms with Gasteiger partial charge in [-0.1, -0.05) is 24.3 Å². The van der Waals surface area contributed by atoms with Crippen molar-refractivity contribution < 1.29 is 9.47 Å². The number of para-hydroxylation sites is 1. The first kappa shape index (κ1) is 16.7. The van der Waals surface area contributed by atoms with E-state index in [0.29, 0.717) is 6.79 Å². The smallest absolute Gasteiger partial charge is 0.231 e. The monoisotopic (exact) mass is 349 g/mol. The standard InChI is InChI=1S/C21H23N3O2/c1-14(15-8-9-19-20(10-15)26-13-25-19)22-12-16-11-21(24(2)3)23-18-7-5-4-6-17(16)18/h4-11,14,22H,12-13H2,1-3H3. The third kappa shape index (κ3) is 3.18.